The molecule has 4 aromatic rings. The molecule has 0 amide bonds. The van der Waals surface area contributed by atoms with Crippen LogP contribution in [0.3, 0.4) is 0 Å². The van der Waals surface area contributed by atoms with E-state index in [-0.39, 0.29) is 5.75 Å². The predicted octanol–water partition coefficient (Wildman–Crippen LogP) is 4.03. The van der Waals surface area contributed by atoms with Crippen LogP contribution in [-0.2, 0) is 4.33 Å². The third-order valence-corrected chi connectivity index (χ3v) is 4.34. The zero-order chi connectivity index (χ0) is 18.6. The third-order valence-electron chi connectivity index (χ3n) is 3.76. The lowest BCUT2D eigenvalue weighted by Gasteiger charge is -2.10. The van der Waals surface area contributed by atoms with Gasteiger partial charge in [0.2, 0.25) is 0 Å². The molecular formula is C18H13N5O3S. The number of aromatic hydroxyl groups is 1. The van der Waals surface area contributed by atoms with E-state index in [1.807, 2.05) is 30.3 Å². The van der Waals surface area contributed by atoms with Crippen LogP contribution in [-0.4, -0.2) is 30.3 Å². The van der Waals surface area contributed by atoms with E-state index in [1.165, 1.54) is 12.4 Å². The van der Waals surface area contributed by atoms with Crippen LogP contribution in [0.5, 0.6) is 5.75 Å². The van der Waals surface area contributed by atoms with E-state index in [4.69, 9.17) is 5.26 Å². The van der Waals surface area contributed by atoms with Crippen LogP contribution in [0.2, 0.25) is 0 Å². The van der Waals surface area contributed by atoms with E-state index >= 15 is 0 Å². The number of hydrogen-bond donors (Lipinski definition) is 3. The molecular weight excluding hydrogens is 366 g/mol. The number of rotatable bonds is 5. The average Bonchev–Trinajstić information content (AvgIpc) is 2.71. The van der Waals surface area contributed by atoms with Gasteiger partial charge >= 0.3 is 0 Å². The molecule has 4 rings (SSSR count). The molecule has 3 N–H and O–H groups in total. The zero-order valence-electron chi connectivity index (χ0n) is 13.8. The molecule has 0 spiro atoms. The Morgan fingerprint density at radius 2 is 1.85 bits per heavy atom. The van der Waals surface area contributed by atoms with Gasteiger partial charge in [0, 0.05) is 11.3 Å². The van der Waals surface area contributed by atoms with Gasteiger partial charge in [-0.1, -0.05) is 30.3 Å². The fourth-order valence-corrected chi connectivity index (χ4v) is 2.92. The van der Waals surface area contributed by atoms with Crippen LogP contribution < -0.4 is 5.32 Å². The number of phenolic OH excluding ortho intramolecular Hbond substituents is 1. The standard InChI is InChI=1S/C18H13N5O3S/c24-14-7-6-12(8-15(14)27-26-25)22-18-16-17(20-10-21-18)19-9-13(23-16)11-4-2-1-3-5-11/h1-10,24-25H,(H,19,20,21,22). The summed E-state index contributed by atoms with van der Waals surface area (Å²) in [6.45, 7) is 0. The van der Waals surface area contributed by atoms with Crippen molar-refractivity contribution >= 4 is 34.7 Å². The fourth-order valence-electron chi connectivity index (χ4n) is 2.51. The lowest BCUT2D eigenvalue weighted by atomic mass is 10.2. The topological polar surface area (TPSA) is 113 Å². The van der Waals surface area contributed by atoms with Crippen LogP contribution in [0.25, 0.3) is 22.4 Å². The Morgan fingerprint density at radius 1 is 1.00 bits per heavy atom. The van der Waals surface area contributed by atoms with E-state index in [0.29, 0.717) is 45.3 Å². The highest BCUT2D eigenvalue weighted by molar-refractivity contribution is 7.94. The smallest absolute Gasteiger partial charge is 0.183 e. The van der Waals surface area contributed by atoms with Gasteiger partial charge < -0.3 is 10.4 Å². The number of phenols is 1. The lowest BCUT2D eigenvalue weighted by molar-refractivity contribution is -0.116. The first-order chi connectivity index (χ1) is 13.2. The molecule has 0 aliphatic rings. The van der Waals surface area contributed by atoms with E-state index < -0.39 is 0 Å². The first-order valence-electron chi connectivity index (χ1n) is 7.86. The molecule has 9 heteroatoms. The normalized spacial score (nSPS) is 10.9. The van der Waals surface area contributed by atoms with Crippen molar-refractivity contribution in [2.24, 2.45) is 0 Å². The molecule has 0 saturated heterocycles. The van der Waals surface area contributed by atoms with Gasteiger partial charge in [0.1, 0.15) is 12.1 Å². The van der Waals surface area contributed by atoms with Crippen molar-refractivity contribution < 1.29 is 14.7 Å². The molecule has 0 atom stereocenters. The Bertz CT molecular complexity index is 1090. The monoisotopic (exact) mass is 379 g/mol. The number of nitrogens with one attached hydrogen (secondary N) is 1. The van der Waals surface area contributed by atoms with Crippen molar-refractivity contribution in [2.45, 2.75) is 4.90 Å². The molecule has 0 saturated carbocycles. The summed E-state index contributed by atoms with van der Waals surface area (Å²) >= 11 is 0.635. The fraction of sp³-hybridized carbons (Fsp3) is 0. The van der Waals surface area contributed by atoms with Crippen LogP contribution in [0, 0.1) is 0 Å². The molecule has 2 aromatic carbocycles. The summed E-state index contributed by atoms with van der Waals surface area (Å²) < 4.78 is 4.03. The number of aromatic nitrogens is 4. The van der Waals surface area contributed by atoms with Gasteiger partial charge in [0.05, 0.1) is 28.8 Å². The maximum Gasteiger partial charge on any atom is 0.183 e. The van der Waals surface area contributed by atoms with Crippen molar-refractivity contribution in [3.8, 4) is 17.0 Å². The Hall–Kier alpha value is -3.27. The third kappa shape index (κ3) is 3.65. The highest BCUT2D eigenvalue weighted by Crippen LogP contribution is 2.32. The Balaban J connectivity index is 1.74. The molecule has 0 aliphatic carbocycles. The summed E-state index contributed by atoms with van der Waals surface area (Å²) in [5, 5.41) is 21.5. The Kier molecular flexibility index (Phi) is 4.79. The summed E-state index contributed by atoms with van der Waals surface area (Å²) in [7, 11) is 0. The molecule has 134 valence electrons. The average molecular weight is 379 g/mol. The summed E-state index contributed by atoms with van der Waals surface area (Å²) in [4.78, 5) is 17.8. The van der Waals surface area contributed by atoms with Crippen molar-refractivity contribution in [2.75, 3.05) is 5.32 Å². The van der Waals surface area contributed by atoms with Crippen LogP contribution in [0.15, 0.2) is 66.0 Å². The van der Waals surface area contributed by atoms with Gasteiger partial charge in [-0.2, -0.15) is 4.33 Å². The van der Waals surface area contributed by atoms with Crippen LogP contribution in [0.1, 0.15) is 0 Å². The van der Waals surface area contributed by atoms with E-state index in [2.05, 4.69) is 29.6 Å². The minimum atomic E-state index is -0.0155. The molecule has 0 bridgehead atoms. The van der Waals surface area contributed by atoms with Gasteiger partial charge in [-0.05, 0) is 18.2 Å². The number of anilines is 2. The zero-order valence-corrected chi connectivity index (χ0v) is 14.6. The number of nitrogens with zero attached hydrogens (tertiary/aromatic N) is 4. The highest BCUT2D eigenvalue weighted by Gasteiger charge is 2.11. The number of fused-ring (bicyclic) bond motifs is 1. The number of hydrogen-bond acceptors (Lipinski definition) is 9. The van der Waals surface area contributed by atoms with E-state index in [0.717, 1.165) is 5.56 Å². The van der Waals surface area contributed by atoms with Gasteiger partial charge in [-0.15, -0.1) is 0 Å². The van der Waals surface area contributed by atoms with Crippen molar-refractivity contribution in [3.63, 3.8) is 0 Å². The maximum atomic E-state index is 9.78. The quantitative estimate of drug-likeness (QED) is 0.205. The molecule has 8 nitrogen and oxygen atoms in total. The van der Waals surface area contributed by atoms with E-state index in [9.17, 15) is 5.11 Å². The van der Waals surface area contributed by atoms with Crippen molar-refractivity contribution in [1.29, 1.82) is 0 Å². The summed E-state index contributed by atoms with van der Waals surface area (Å²) in [5.74, 6) is 0.454. The van der Waals surface area contributed by atoms with Crippen LogP contribution >= 0.6 is 12.0 Å². The second-order valence-corrected chi connectivity index (χ2v) is 6.24. The Labute approximate surface area is 158 Å². The second-order valence-electron chi connectivity index (χ2n) is 5.48. The van der Waals surface area contributed by atoms with Crippen LogP contribution in [0.4, 0.5) is 11.5 Å². The Morgan fingerprint density at radius 3 is 2.67 bits per heavy atom. The second kappa shape index (κ2) is 7.54. The molecule has 27 heavy (non-hydrogen) atoms. The molecule has 0 radical (unpaired) electrons. The van der Waals surface area contributed by atoms with Crippen molar-refractivity contribution in [1.82, 2.24) is 19.9 Å². The van der Waals surface area contributed by atoms with Gasteiger partial charge in [0.15, 0.2) is 17.0 Å². The lowest BCUT2D eigenvalue weighted by Crippen LogP contribution is -2.00. The number of benzene rings is 2. The SMILES string of the molecule is OOSc1cc(Nc2ncnc3ncc(-c4ccccc4)nc23)ccc1O. The molecule has 2 aromatic heterocycles. The largest absolute Gasteiger partial charge is 0.507 e. The first-order valence-corrected chi connectivity index (χ1v) is 8.60. The predicted molar refractivity (Wildman–Crippen MR) is 102 cm³/mol. The van der Waals surface area contributed by atoms with Gasteiger partial charge in [-0.25, -0.2) is 25.2 Å². The minimum Gasteiger partial charge on any atom is -0.507 e. The molecule has 0 fully saturated rings. The minimum absolute atomic E-state index is 0.0155. The van der Waals surface area contributed by atoms with Gasteiger partial charge in [0.25, 0.3) is 0 Å². The maximum absolute atomic E-state index is 9.78. The first kappa shape index (κ1) is 17.2. The van der Waals surface area contributed by atoms with Crippen molar-refractivity contribution in [3.05, 3.63) is 61.1 Å². The van der Waals surface area contributed by atoms with E-state index in [1.54, 1.807) is 18.3 Å². The molecule has 0 unspecified atom stereocenters. The molecule has 2 heterocycles. The summed E-state index contributed by atoms with van der Waals surface area (Å²) in [6, 6.07) is 14.5. The van der Waals surface area contributed by atoms with Gasteiger partial charge in [-0.3, -0.25) is 0 Å². The highest BCUT2D eigenvalue weighted by atomic mass is 32.2. The molecule has 0 aliphatic heterocycles. The summed E-state index contributed by atoms with van der Waals surface area (Å²) in [5.41, 5.74) is 3.24. The summed E-state index contributed by atoms with van der Waals surface area (Å²) in [6.07, 6.45) is 3.07.